The second kappa shape index (κ2) is 7.33. The average molecular weight is 355 g/mol. The maximum absolute atomic E-state index is 12.2. The largest absolute Gasteiger partial charge is 0.460 e. The molecule has 0 aromatic carbocycles. The van der Waals surface area contributed by atoms with E-state index >= 15 is 0 Å². The summed E-state index contributed by atoms with van der Waals surface area (Å²) in [5.74, 6) is 1.02. The van der Waals surface area contributed by atoms with Gasteiger partial charge in [-0.25, -0.2) is 0 Å². The number of rotatable bonds is 6. The molecule has 4 heteroatoms. The fourth-order valence-corrected chi connectivity index (χ4v) is 3.57. The molecule has 0 radical (unpaired) electrons. The van der Waals surface area contributed by atoms with Gasteiger partial charge in [0.25, 0.3) is 0 Å². The highest BCUT2D eigenvalue weighted by molar-refractivity contribution is 6.74. The van der Waals surface area contributed by atoms with Crippen molar-refractivity contribution in [1.29, 1.82) is 0 Å². The number of esters is 1. The predicted molar refractivity (Wildman–Crippen MR) is 103 cm³/mol. The molecule has 3 nitrogen and oxygen atoms in total. The maximum Gasteiger partial charge on any atom is 0.310 e. The van der Waals surface area contributed by atoms with E-state index in [1.807, 2.05) is 20.8 Å². The fourth-order valence-electron chi connectivity index (χ4n) is 2.46. The molecule has 0 spiro atoms. The van der Waals surface area contributed by atoms with Crippen molar-refractivity contribution >= 4 is 14.3 Å². The lowest BCUT2D eigenvalue weighted by Crippen LogP contribution is -2.41. The van der Waals surface area contributed by atoms with Gasteiger partial charge in [0.2, 0.25) is 0 Å². The van der Waals surface area contributed by atoms with Gasteiger partial charge >= 0.3 is 5.97 Å². The van der Waals surface area contributed by atoms with Crippen molar-refractivity contribution in [1.82, 2.24) is 0 Å². The van der Waals surface area contributed by atoms with Gasteiger partial charge < -0.3 is 9.16 Å². The number of hydrogen-bond donors (Lipinski definition) is 0. The molecule has 0 aromatic heterocycles. The van der Waals surface area contributed by atoms with E-state index in [0.717, 1.165) is 6.61 Å². The highest BCUT2D eigenvalue weighted by Crippen LogP contribution is 2.48. The molecular weight excluding hydrogens is 316 g/mol. The fraction of sp³-hybridized carbons (Fsp3) is 0.850. The summed E-state index contributed by atoms with van der Waals surface area (Å²) in [5.41, 5.74) is -0.405. The molecular formula is C20H38O3Si. The third kappa shape index (κ3) is 6.03. The lowest BCUT2D eigenvalue weighted by molar-refractivity contribution is -0.157. The van der Waals surface area contributed by atoms with Gasteiger partial charge in [0.05, 0.1) is 5.92 Å². The van der Waals surface area contributed by atoms with Crippen LogP contribution in [0.2, 0.25) is 18.1 Å². The average Bonchev–Trinajstić information content (AvgIpc) is 3.01. The third-order valence-electron chi connectivity index (χ3n) is 5.30. The SMILES string of the molecule is C[C@@H]1[C@H](/C=C/[C@@H](C)CO[Si](C)(C)C(C)(C)C)[C@H]1C(=O)OC(C)(C)C. The molecule has 0 aromatic rings. The van der Waals surface area contributed by atoms with Crippen LogP contribution in [-0.2, 0) is 14.0 Å². The van der Waals surface area contributed by atoms with Crippen LogP contribution in [0.3, 0.4) is 0 Å². The first-order valence-corrected chi connectivity index (χ1v) is 12.1. The lowest BCUT2D eigenvalue weighted by Gasteiger charge is -2.36. The number of carbonyl (C=O) groups is 1. The molecule has 1 aliphatic rings. The van der Waals surface area contributed by atoms with Crippen LogP contribution in [0.1, 0.15) is 55.4 Å². The Kier molecular flexibility index (Phi) is 6.54. The summed E-state index contributed by atoms with van der Waals surface area (Å²) in [6.45, 7) is 22.2. The van der Waals surface area contributed by atoms with Crippen LogP contribution >= 0.6 is 0 Å². The highest BCUT2D eigenvalue weighted by atomic mass is 28.4. The second-order valence-electron chi connectivity index (χ2n) is 9.93. The quantitative estimate of drug-likeness (QED) is 0.363. The number of hydrogen-bond acceptors (Lipinski definition) is 3. The molecule has 0 heterocycles. The summed E-state index contributed by atoms with van der Waals surface area (Å²) in [6, 6.07) is 0. The van der Waals surface area contributed by atoms with E-state index < -0.39 is 13.9 Å². The van der Waals surface area contributed by atoms with Gasteiger partial charge in [-0.2, -0.15) is 0 Å². The molecule has 1 rings (SSSR count). The molecule has 0 bridgehead atoms. The zero-order chi connectivity index (χ0) is 18.9. The summed E-state index contributed by atoms with van der Waals surface area (Å²) in [7, 11) is -1.69. The van der Waals surface area contributed by atoms with Crippen molar-refractivity contribution < 1.29 is 14.0 Å². The maximum atomic E-state index is 12.2. The minimum Gasteiger partial charge on any atom is -0.460 e. The molecule has 140 valence electrons. The van der Waals surface area contributed by atoms with Gasteiger partial charge in [-0.3, -0.25) is 4.79 Å². The Bertz CT molecular complexity index is 468. The molecule has 0 aliphatic heterocycles. The van der Waals surface area contributed by atoms with Crippen LogP contribution in [0.5, 0.6) is 0 Å². The highest BCUT2D eigenvalue weighted by Gasteiger charge is 2.51. The molecule has 0 N–H and O–H groups in total. The topological polar surface area (TPSA) is 35.5 Å². The summed E-state index contributed by atoms with van der Waals surface area (Å²) in [6.07, 6.45) is 4.40. The Balaban J connectivity index is 2.48. The van der Waals surface area contributed by atoms with E-state index in [1.54, 1.807) is 0 Å². The van der Waals surface area contributed by atoms with Gasteiger partial charge in [-0.05, 0) is 56.7 Å². The zero-order valence-corrected chi connectivity index (χ0v) is 18.4. The normalized spacial score (nSPS) is 26.5. The van der Waals surface area contributed by atoms with E-state index in [-0.39, 0.29) is 16.9 Å². The molecule has 0 amide bonds. The molecule has 0 unspecified atom stereocenters. The van der Waals surface area contributed by atoms with Gasteiger partial charge in [0.15, 0.2) is 8.32 Å². The van der Waals surface area contributed by atoms with E-state index in [1.165, 1.54) is 0 Å². The summed E-state index contributed by atoms with van der Waals surface area (Å²) in [5, 5.41) is 0.239. The summed E-state index contributed by atoms with van der Waals surface area (Å²) in [4.78, 5) is 12.2. The first kappa shape index (κ1) is 21.4. The lowest BCUT2D eigenvalue weighted by atomic mass is 10.1. The summed E-state index contributed by atoms with van der Waals surface area (Å²) >= 11 is 0. The number of ether oxygens (including phenoxy) is 1. The second-order valence-corrected chi connectivity index (χ2v) is 14.7. The van der Waals surface area contributed by atoms with Crippen molar-refractivity contribution in [3.63, 3.8) is 0 Å². The molecule has 1 fully saturated rings. The molecule has 1 aliphatic carbocycles. The van der Waals surface area contributed by atoms with Gasteiger partial charge in [0, 0.05) is 6.61 Å². The summed E-state index contributed by atoms with van der Waals surface area (Å²) < 4.78 is 11.8. The van der Waals surface area contributed by atoms with Crippen molar-refractivity contribution in [2.45, 2.75) is 79.1 Å². The van der Waals surface area contributed by atoms with Gasteiger partial charge in [-0.15, -0.1) is 0 Å². The smallest absolute Gasteiger partial charge is 0.310 e. The van der Waals surface area contributed by atoms with Crippen LogP contribution in [0, 0.1) is 23.7 Å². The first-order chi connectivity index (χ1) is 10.7. The van der Waals surface area contributed by atoms with E-state index in [9.17, 15) is 4.79 Å². The number of carbonyl (C=O) groups excluding carboxylic acids is 1. The minimum absolute atomic E-state index is 0.0222. The molecule has 4 atom stereocenters. The Morgan fingerprint density at radius 3 is 2.17 bits per heavy atom. The van der Waals surface area contributed by atoms with Crippen molar-refractivity contribution in [2.75, 3.05) is 6.61 Å². The molecule has 1 saturated carbocycles. The van der Waals surface area contributed by atoms with Crippen molar-refractivity contribution in [3.8, 4) is 0 Å². The van der Waals surface area contributed by atoms with Crippen LogP contribution in [-0.4, -0.2) is 26.5 Å². The van der Waals surface area contributed by atoms with Crippen molar-refractivity contribution in [3.05, 3.63) is 12.2 Å². The third-order valence-corrected chi connectivity index (χ3v) is 9.80. The first-order valence-electron chi connectivity index (χ1n) is 9.21. The van der Waals surface area contributed by atoms with E-state index in [0.29, 0.717) is 17.8 Å². The van der Waals surface area contributed by atoms with Crippen molar-refractivity contribution in [2.24, 2.45) is 23.7 Å². The predicted octanol–water partition coefficient (Wildman–Crippen LogP) is 5.42. The Morgan fingerprint density at radius 1 is 1.17 bits per heavy atom. The van der Waals surface area contributed by atoms with Crippen LogP contribution < -0.4 is 0 Å². The Labute approximate surface area is 150 Å². The standard InChI is InChI=1S/C20H38O3Si/c1-14(13-22-24(9,10)20(6,7)8)11-12-16-15(2)17(16)18(21)23-19(3,4)5/h11-12,14-17H,13H2,1-10H3/b12-11+/t14-,15-,16+,17+/m1/s1. The van der Waals surface area contributed by atoms with Crippen LogP contribution in [0.15, 0.2) is 12.2 Å². The Hall–Kier alpha value is -0.613. The Morgan fingerprint density at radius 2 is 1.71 bits per heavy atom. The van der Waals surface area contributed by atoms with E-state index in [4.69, 9.17) is 9.16 Å². The van der Waals surface area contributed by atoms with Crippen LogP contribution in [0.4, 0.5) is 0 Å². The van der Waals surface area contributed by atoms with Gasteiger partial charge in [-0.1, -0.05) is 46.8 Å². The number of allylic oxidation sites excluding steroid dienone is 1. The van der Waals surface area contributed by atoms with Gasteiger partial charge in [0.1, 0.15) is 5.60 Å². The monoisotopic (exact) mass is 354 g/mol. The van der Waals surface area contributed by atoms with E-state index in [2.05, 4.69) is 59.9 Å². The van der Waals surface area contributed by atoms with Crippen LogP contribution in [0.25, 0.3) is 0 Å². The zero-order valence-electron chi connectivity index (χ0n) is 17.4. The molecule has 0 saturated heterocycles. The molecule has 24 heavy (non-hydrogen) atoms. The minimum atomic E-state index is -1.69.